The Bertz CT molecular complexity index is 461. The minimum Gasteiger partial charge on any atom is -0.478 e. The third-order valence-corrected chi connectivity index (χ3v) is 3.49. The van der Waals surface area contributed by atoms with Crippen LogP contribution in [0.3, 0.4) is 0 Å². The summed E-state index contributed by atoms with van der Waals surface area (Å²) < 4.78 is 11.2. The number of hydrogen-bond acceptors (Lipinski definition) is 4. The third-order valence-electron chi connectivity index (χ3n) is 3.49. The minimum absolute atomic E-state index is 0.0984. The molecule has 5 heteroatoms. The van der Waals surface area contributed by atoms with Crippen LogP contribution in [0.25, 0.3) is 0 Å². The maximum absolute atomic E-state index is 10.9. The van der Waals surface area contributed by atoms with Crippen LogP contribution in [0.15, 0.2) is 12.1 Å². The number of aromatic nitrogens is 1. The standard InChI is InChI=1S/C14H19NO4/c1-9-12(14(16)17)6-7-13(15-9)19-11-5-3-4-10(8-11)18-2/h6-7,10-11H,3-5,8H2,1-2H3,(H,16,17). The summed E-state index contributed by atoms with van der Waals surface area (Å²) in [5.41, 5.74) is 0.690. The van der Waals surface area contributed by atoms with Crippen LogP contribution in [0.2, 0.25) is 0 Å². The van der Waals surface area contributed by atoms with Gasteiger partial charge < -0.3 is 14.6 Å². The minimum atomic E-state index is -0.964. The highest BCUT2D eigenvalue weighted by Gasteiger charge is 2.23. The quantitative estimate of drug-likeness (QED) is 0.905. The van der Waals surface area contributed by atoms with Crippen LogP contribution in [0.1, 0.15) is 41.7 Å². The molecule has 1 aromatic heterocycles. The molecule has 1 aromatic rings. The number of nitrogens with zero attached hydrogens (tertiary/aromatic N) is 1. The number of aromatic carboxylic acids is 1. The van der Waals surface area contributed by atoms with Crippen molar-refractivity contribution in [3.63, 3.8) is 0 Å². The third kappa shape index (κ3) is 3.44. The Labute approximate surface area is 112 Å². The lowest BCUT2D eigenvalue weighted by molar-refractivity contribution is 0.0195. The molecule has 1 saturated carbocycles. The molecule has 1 aliphatic rings. The molecular weight excluding hydrogens is 246 g/mol. The zero-order valence-electron chi connectivity index (χ0n) is 11.3. The predicted octanol–water partition coefficient (Wildman–Crippen LogP) is 2.42. The topological polar surface area (TPSA) is 68.7 Å². The fourth-order valence-electron chi connectivity index (χ4n) is 2.42. The summed E-state index contributed by atoms with van der Waals surface area (Å²) in [6.07, 6.45) is 4.34. The summed E-state index contributed by atoms with van der Waals surface area (Å²) in [5.74, 6) is -0.474. The van der Waals surface area contributed by atoms with Crippen molar-refractivity contribution in [3.05, 3.63) is 23.4 Å². The number of rotatable bonds is 4. The first kappa shape index (κ1) is 13.8. The molecule has 2 atom stereocenters. The van der Waals surface area contributed by atoms with Gasteiger partial charge in [0.1, 0.15) is 6.10 Å². The van der Waals surface area contributed by atoms with Gasteiger partial charge in [0.25, 0.3) is 0 Å². The molecule has 0 saturated heterocycles. The number of carboxylic acid groups (broad SMARTS) is 1. The van der Waals surface area contributed by atoms with Crippen molar-refractivity contribution in [2.24, 2.45) is 0 Å². The van der Waals surface area contributed by atoms with Gasteiger partial charge in [0.05, 0.1) is 17.4 Å². The summed E-state index contributed by atoms with van der Waals surface area (Å²) in [6, 6.07) is 3.16. The number of ether oxygens (including phenoxy) is 2. The van der Waals surface area contributed by atoms with Gasteiger partial charge in [-0.15, -0.1) is 0 Å². The highest BCUT2D eigenvalue weighted by atomic mass is 16.5. The lowest BCUT2D eigenvalue weighted by Crippen LogP contribution is -2.29. The van der Waals surface area contributed by atoms with E-state index in [9.17, 15) is 4.79 Å². The molecule has 0 aromatic carbocycles. The van der Waals surface area contributed by atoms with E-state index in [-0.39, 0.29) is 17.8 Å². The first-order valence-corrected chi connectivity index (χ1v) is 6.50. The summed E-state index contributed by atoms with van der Waals surface area (Å²) >= 11 is 0. The molecule has 19 heavy (non-hydrogen) atoms. The number of methoxy groups -OCH3 is 1. The molecule has 0 bridgehead atoms. The Balaban J connectivity index is 2.03. The van der Waals surface area contributed by atoms with E-state index in [1.54, 1.807) is 20.1 Å². The van der Waals surface area contributed by atoms with E-state index in [0.717, 1.165) is 25.7 Å². The van der Waals surface area contributed by atoms with E-state index < -0.39 is 5.97 Å². The van der Waals surface area contributed by atoms with Crippen LogP contribution in [-0.4, -0.2) is 35.4 Å². The fourth-order valence-corrected chi connectivity index (χ4v) is 2.42. The largest absolute Gasteiger partial charge is 0.478 e. The summed E-state index contributed by atoms with van der Waals surface area (Å²) in [7, 11) is 1.72. The van der Waals surface area contributed by atoms with Crippen molar-refractivity contribution < 1.29 is 19.4 Å². The predicted molar refractivity (Wildman–Crippen MR) is 69.6 cm³/mol. The van der Waals surface area contributed by atoms with E-state index >= 15 is 0 Å². The molecule has 1 N–H and O–H groups in total. The first-order valence-electron chi connectivity index (χ1n) is 6.50. The van der Waals surface area contributed by atoms with E-state index in [0.29, 0.717) is 11.6 Å². The Morgan fingerprint density at radius 3 is 2.74 bits per heavy atom. The van der Waals surface area contributed by atoms with E-state index in [4.69, 9.17) is 14.6 Å². The maximum atomic E-state index is 10.9. The summed E-state index contributed by atoms with van der Waals surface area (Å²) in [5, 5.41) is 8.95. The smallest absolute Gasteiger partial charge is 0.337 e. The Kier molecular flexibility index (Phi) is 4.37. The average Bonchev–Trinajstić information content (AvgIpc) is 2.38. The molecular formula is C14H19NO4. The molecule has 2 unspecified atom stereocenters. The molecule has 1 fully saturated rings. The van der Waals surface area contributed by atoms with Gasteiger partial charge in [0, 0.05) is 19.6 Å². The highest BCUT2D eigenvalue weighted by Crippen LogP contribution is 2.25. The molecule has 0 spiro atoms. The number of hydrogen-bond donors (Lipinski definition) is 1. The van der Waals surface area contributed by atoms with Crippen molar-refractivity contribution in [1.82, 2.24) is 4.98 Å². The molecule has 5 nitrogen and oxygen atoms in total. The Morgan fingerprint density at radius 2 is 2.11 bits per heavy atom. The number of carbonyl (C=O) groups is 1. The Morgan fingerprint density at radius 1 is 1.37 bits per heavy atom. The van der Waals surface area contributed by atoms with E-state index in [1.807, 2.05) is 0 Å². The lowest BCUT2D eigenvalue weighted by Gasteiger charge is -2.28. The van der Waals surface area contributed by atoms with Crippen molar-refractivity contribution >= 4 is 5.97 Å². The molecule has 2 rings (SSSR count). The van der Waals surface area contributed by atoms with Crippen molar-refractivity contribution in [1.29, 1.82) is 0 Å². The molecule has 104 valence electrons. The maximum Gasteiger partial charge on any atom is 0.337 e. The monoisotopic (exact) mass is 265 g/mol. The summed E-state index contributed by atoms with van der Waals surface area (Å²) in [4.78, 5) is 15.1. The van der Waals surface area contributed by atoms with Crippen molar-refractivity contribution in [2.45, 2.75) is 44.8 Å². The van der Waals surface area contributed by atoms with Gasteiger partial charge in [0.2, 0.25) is 5.88 Å². The molecule has 1 aliphatic carbocycles. The zero-order chi connectivity index (χ0) is 13.8. The number of carboxylic acids is 1. The average molecular weight is 265 g/mol. The number of aryl methyl sites for hydroxylation is 1. The van der Waals surface area contributed by atoms with Crippen molar-refractivity contribution in [2.75, 3.05) is 7.11 Å². The van der Waals surface area contributed by atoms with Crippen LogP contribution in [-0.2, 0) is 4.74 Å². The molecule has 0 aliphatic heterocycles. The van der Waals surface area contributed by atoms with Gasteiger partial charge >= 0.3 is 5.97 Å². The second-order valence-corrected chi connectivity index (χ2v) is 4.85. The SMILES string of the molecule is COC1CCCC(Oc2ccc(C(=O)O)c(C)n2)C1. The lowest BCUT2D eigenvalue weighted by atomic mass is 9.95. The zero-order valence-corrected chi connectivity index (χ0v) is 11.3. The number of pyridine rings is 1. The first-order chi connectivity index (χ1) is 9.10. The molecule has 1 heterocycles. The van der Waals surface area contributed by atoms with Gasteiger partial charge in [-0.3, -0.25) is 0 Å². The van der Waals surface area contributed by atoms with Crippen LogP contribution < -0.4 is 4.74 Å². The van der Waals surface area contributed by atoms with Crippen molar-refractivity contribution in [3.8, 4) is 5.88 Å². The van der Waals surface area contributed by atoms with Crippen LogP contribution in [0.5, 0.6) is 5.88 Å². The van der Waals surface area contributed by atoms with Crippen LogP contribution in [0, 0.1) is 6.92 Å². The Hall–Kier alpha value is -1.62. The highest BCUT2D eigenvalue weighted by molar-refractivity contribution is 5.88. The van der Waals surface area contributed by atoms with Gasteiger partial charge in [-0.2, -0.15) is 0 Å². The second-order valence-electron chi connectivity index (χ2n) is 4.85. The van der Waals surface area contributed by atoms with Gasteiger partial charge in [-0.05, 0) is 32.3 Å². The van der Waals surface area contributed by atoms with Gasteiger partial charge in [0.15, 0.2) is 0 Å². The van der Waals surface area contributed by atoms with Gasteiger partial charge in [-0.25, -0.2) is 9.78 Å². The molecule has 0 radical (unpaired) electrons. The fraction of sp³-hybridized carbons (Fsp3) is 0.571. The van der Waals surface area contributed by atoms with E-state index in [1.165, 1.54) is 6.07 Å². The normalized spacial score (nSPS) is 23.1. The van der Waals surface area contributed by atoms with Crippen LogP contribution in [0.4, 0.5) is 0 Å². The second kappa shape index (κ2) is 6.02. The summed E-state index contributed by atoms with van der Waals surface area (Å²) in [6.45, 7) is 1.68. The van der Waals surface area contributed by atoms with Gasteiger partial charge in [-0.1, -0.05) is 0 Å². The van der Waals surface area contributed by atoms with E-state index in [2.05, 4.69) is 4.98 Å². The molecule has 0 amide bonds. The van der Waals surface area contributed by atoms with Crippen LogP contribution >= 0.6 is 0 Å².